The van der Waals surface area contributed by atoms with Gasteiger partial charge < -0.3 is 10.1 Å². The first-order valence-electron chi connectivity index (χ1n) is 11.0. The quantitative estimate of drug-likeness (QED) is 0.681. The highest BCUT2D eigenvalue weighted by atomic mass is 32.2. The van der Waals surface area contributed by atoms with E-state index in [1.54, 1.807) is 12.1 Å². The van der Waals surface area contributed by atoms with E-state index in [1.165, 1.54) is 12.1 Å². The van der Waals surface area contributed by atoms with E-state index in [0.29, 0.717) is 23.8 Å². The van der Waals surface area contributed by atoms with E-state index in [1.807, 2.05) is 32.9 Å². The number of rotatable bonds is 7. The van der Waals surface area contributed by atoms with Crippen LogP contribution >= 0.6 is 0 Å². The lowest BCUT2D eigenvalue weighted by Gasteiger charge is -2.33. The highest BCUT2D eigenvalue weighted by molar-refractivity contribution is 7.84. The fourth-order valence-electron chi connectivity index (χ4n) is 4.79. The van der Waals surface area contributed by atoms with Gasteiger partial charge in [0.2, 0.25) is 5.88 Å². The molecule has 4 aliphatic rings. The van der Waals surface area contributed by atoms with Gasteiger partial charge in [-0.15, -0.1) is 0 Å². The molecule has 5 nitrogen and oxygen atoms in total. The van der Waals surface area contributed by atoms with Crippen molar-refractivity contribution in [2.24, 2.45) is 11.8 Å². The number of piperidine rings is 1. The summed E-state index contributed by atoms with van der Waals surface area (Å²) in [5, 5.41) is 3.50. The second kappa shape index (κ2) is 6.83. The molecule has 2 bridgehead atoms. The first kappa shape index (κ1) is 21.0. The van der Waals surface area contributed by atoms with Crippen LogP contribution in [0.25, 0.3) is 11.3 Å². The molecule has 6 atom stereocenters. The topological polar surface area (TPSA) is 63.2 Å². The molecule has 0 spiro atoms. The third-order valence-electron chi connectivity index (χ3n) is 7.16. The lowest BCUT2D eigenvalue weighted by molar-refractivity contribution is 0.208. The average Bonchev–Trinajstić information content (AvgIpc) is 3.34. The van der Waals surface area contributed by atoms with Gasteiger partial charge in [-0.05, 0) is 70.0 Å². The number of hydrogen-bond acceptors (Lipinski definition) is 4. The Kier molecular flexibility index (Phi) is 4.64. The van der Waals surface area contributed by atoms with Gasteiger partial charge in [0, 0.05) is 30.0 Å². The average molecular weight is 444 g/mol. The van der Waals surface area contributed by atoms with Crippen molar-refractivity contribution in [1.29, 1.82) is 0 Å². The fraction of sp³-hybridized carbons (Fsp3) is 0.542. The Hall–Kier alpha value is -1.83. The van der Waals surface area contributed by atoms with Crippen LogP contribution in [-0.4, -0.2) is 32.1 Å². The van der Waals surface area contributed by atoms with Gasteiger partial charge in [-0.2, -0.15) is 0 Å². The standard InChI is InChI=1S/C24H30FN3O2S/c1-6-23(5,28-31(29)22(2,3)4)15-11-18(14-7-9-16(25)10-8-14)27-19(12-15)30-24-17-13-26-21(24)20(17)24/h7-12,17,20-21,26,28H,6,13H2,1-5H3/t17-,20-,21?,23?,24-,31?/m1/s1. The maximum atomic E-state index is 13.5. The molecule has 2 saturated heterocycles. The van der Waals surface area contributed by atoms with Gasteiger partial charge in [-0.25, -0.2) is 18.3 Å². The van der Waals surface area contributed by atoms with Crippen molar-refractivity contribution >= 4 is 11.0 Å². The summed E-state index contributed by atoms with van der Waals surface area (Å²) in [7, 11) is -1.24. The van der Waals surface area contributed by atoms with Crippen molar-refractivity contribution in [3.05, 3.63) is 47.8 Å². The first-order chi connectivity index (χ1) is 14.6. The van der Waals surface area contributed by atoms with Crippen LogP contribution in [0.3, 0.4) is 0 Å². The summed E-state index contributed by atoms with van der Waals surface area (Å²) >= 11 is 0. The van der Waals surface area contributed by atoms with Crippen molar-refractivity contribution in [3.8, 4) is 17.1 Å². The molecule has 1 aromatic heterocycles. The molecule has 2 saturated carbocycles. The number of nitrogens with one attached hydrogen (secondary N) is 2. The lowest BCUT2D eigenvalue weighted by Crippen LogP contribution is -2.45. The second-order valence-corrected chi connectivity index (χ2v) is 12.2. The van der Waals surface area contributed by atoms with E-state index in [4.69, 9.17) is 9.72 Å². The smallest absolute Gasteiger partial charge is 0.214 e. The zero-order chi connectivity index (χ0) is 22.2. The zero-order valence-corrected chi connectivity index (χ0v) is 19.5. The highest BCUT2D eigenvalue weighted by Crippen LogP contribution is 2.76. The number of nitrogens with zero attached hydrogens (tertiary/aromatic N) is 1. The summed E-state index contributed by atoms with van der Waals surface area (Å²) in [5.74, 6) is 1.49. The van der Waals surface area contributed by atoms with Crippen LogP contribution in [0.5, 0.6) is 5.88 Å². The number of pyridine rings is 1. The Morgan fingerprint density at radius 1 is 1.26 bits per heavy atom. The van der Waals surface area contributed by atoms with Crippen molar-refractivity contribution in [2.75, 3.05) is 6.54 Å². The van der Waals surface area contributed by atoms with Crippen LogP contribution in [-0.2, 0) is 16.5 Å². The van der Waals surface area contributed by atoms with E-state index in [9.17, 15) is 8.60 Å². The Morgan fingerprint density at radius 3 is 2.52 bits per heavy atom. The van der Waals surface area contributed by atoms with Crippen LogP contribution in [0.4, 0.5) is 4.39 Å². The van der Waals surface area contributed by atoms with Crippen molar-refractivity contribution < 1.29 is 13.3 Å². The van der Waals surface area contributed by atoms with Crippen LogP contribution < -0.4 is 14.8 Å². The molecular weight excluding hydrogens is 413 g/mol. The molecule has 2 N–H and O–H groups in total. The molecule has 3 heterocycles. The van der Waals surface area contributed by atoms with E-state index in [2.05, 4.69) is 23.9 Å². The van der Waals surface area contributed by atoms with Gasteiger partial charge in [0.25, 0.3) is 0 Å². The molecule has 2 aliphatic heterocycles. The summed E-state index contributed by atoms with van der Waals surface area (Å²) in [6.07, 6.45) is 0.738. The molecule has 0 radical (unpaired) electrons. The Bertz CT molecular complexity index is 1030. The molecule has 2 aliphatic carbocycles. The van der Waals surface area contributed by atoms with Crippen molar-refractivity contribution in [1.82, 2.24) is 15.0 Å². The van der Waals surface area contributed by atoms with Crippen LogP contribution in [0, 0.1) is 17.7 Å². The summed E-state index contributed by atoms with van der Waals surface area (Å²) < 4.78 is 35.8. The van der Waals surface area contributed by atoms with E-state index < -0.39 is 16.5 Å². The molecule has 31 heavy (non-hydrogen) atoms. The molecule has 166 valence electrons. The summed E-state index contributed by atoms with van der Waals surface area (Å²) in [5.41, 5.74) is 1.90. The third-order valence-corrected chi connectivity index (χ3v) is 8.91. The molecular formula is C24H30FN3O2S. The lowest BCUT2D eigenvalue weighted by atomic mass is 9.90. The maximum Gasteiger partial charge on any atom is 0.214 e. The number of fused-ring (bicyclic) bond motifs is 1. The van der Waals surface area contributed by atoms with Crippen LogP contribution in [0.1, 0.15) is 46.6 Å². The number of ether oxygens (including phenoxy) is 1. The molecule has 3 unspecified atom stereocenters. The van der Waals surface area contributed by atoms with E-state index >= 15 is 0 Å². The van der Waals surface area contributed by atoms with Crippen molar-refractivity contribution in [2.45, 2.75) is 63.0 Å². The van der Waals surface area contributed by atoms with Crippen molar-refractivity contribution in [3.63, 3.8) is 0 Å². The third kappa shape index (κ3) is 3.33. The normalized spacial score (nSPS) is 31.0. The fourth-order valence-corrected chi connectivity index (χ4v) is 5.77. The minimum atomic E-state index is -1.24. The zero-order valence-electron chi connectivity index (χ0n) is 18.7. The van der Waals surface area contributed by atoms with Gasteiger partial charge in [-0.1, -0.05) is 6.92 Å². The predicted octanol–water partition coefficient (Wildman–Crippen LogP) is 3.91. The van der Waals surface area contributed by atoms with Crippen LogP contribution in [0.2, 0.25) is 0 Å². The summed E-state index contributed by atoms with van der Waals surface area (Å²) in [4.78, 5) is 4.78. The van der Waals surface area contributed by atoms with E-state index in [0.717, 1.165) is 29.8 Å². The summed E-state index contributed by atoms with van der Waals surface area (Å²) in [6.45, 7) is 11.0. The van der Waals surface area contributed by atoms with Gasteiger partial charge in [-0.3, -0.25) is 0 Å². The number of hydrogen-bond donors (Lipinski definition) is 2. The summed E-state index contributed by atoms with van der Waals surface area (Å²) in [6, 6.07) is 10.8. The largest absolute Gasteiger partial charge is 0.469 e. The molecule has 6 rings (SSSR count). The van der Waals surface area contributed by atoms with E-state index in [-0.39, 0.29) is 16.2 Å². The molecule has 1 aromatic carbocycles. The molecule has 7 heteroatoms. The highest BCUT2D eigenvalue weighted by Gasteiger charge is 2.93. The van der Waals surface area contributed by atoms with Gasteiger partial charge in [0.05, 0.1) is 33.0 Å². The van der Waals surface area contributed by atoms with Crippen LogP contribution in [0.15, 0.2) is 36.4 Å². The molecule has 2 aromatic rings. The molecule has 4 fully saturated rings. The first-order valence-corrected chi connectivity index (χ1v) is 12.1. The van der Waals surface area contributed by atoms with Gasteiger partial charge >= 0.3 is 0 Å². The second-order valence-electron chi connectivity index (χ2n) is 10.2. The SMILES string of the molecule is CCC(C)(NS(=O)C(C)(C)C)c1cc(O[C@]23C4NC[C@@H]2[C@H]43)nc(-c2ccc(F)cc2)c1. The Morgan fingerprint density at radius 2 is 1.97 bits per heavy atom. The molecule has 0 amide bonds. The van der Waals surface area contributed by atoms with Gasteiger partial charge in [0.1, 0.15) is 11.4 Å². The Balaban J connectivity index is 1.53. The maximum absolute atomic E-state index is 13.5. The number of benzene rings is 1. The minimum absolute atomic E-state index is 0.0873. The Labute approximate surface area is 185 Å². The minimum Gasteiger partial charge on any atom is -0.469 e. The van der Waals surface area contributed by atoms with Gasteiger partial charge in [0.15, 0.2) is 0 Å². The number of aromatic nitrogens is 1. The monoisotopic (exact) mass is 443 g/mol. The number of halogens is 1. The predicted molar refractivity (Wildman–Crippen MR) is 120 cm³/mol.